The van der Waals surface area contributed by atoms with Crippen molar-refractivity contribution in [2.45, 2.75) is 25.8 Å². The molecule has 0 spiro atoms. The second-order valence-electron chi connectivity index (χ2n) is 4.51. The second kappa shape index (κ2) is 8.01. The Balaban J connectivity index is 2.04. The van der Waals surface area contributed by atoms with E-state index in [9.17, 15) is 5.11 Å². The lowest BCUT2D eigenvalue weighted by molar-refractivity contribution is 0.0673. The Morgan fingerprint density at radius 3 is 2.81 bits per heavy atom. The summed E-state index contributed by atoms with van der Waals surface area (Å²) < 4.78 is 10.5. The number of methoxy groups -OCH3 is 1. The molecule has 4 nitrogen and oxygen atoms in total. The largest absolute Gasteiger partial charge is 0.395 e. The van der Waals surface area contributed by atoms with Crippen molar-refractivity contribution in [1.29, 1.82) is 0 Å². The number of aliphatic hydroxyl groups excluding tert-OH is 1. The van der Waals surface area contributed by atoms with Crippen LogP contribution in [-0.2, 0) is 9.47 Å². The van der Waals surface area contributed by atoms with Gasteiger partial charge in [-0.3, -0.25) is 4.90 Å². The van der Waals surface area contributed by atoms with E-state index in [-0.39, 0.29) is 6.61 Å². The summed E-state index contributed by atoms with van der Waals surface area (Å²) in [6, 6.07) is 0.336. The van der Waals surface area contributed by atoms with Crippen molar-refractivity contribution in [2.75, 3.05) is 46.6 Å². The van der Waals surface area contributed by atoms with Crippen LogP contribution in [0.1, 0.15) is 19.8 Å². The van der Waals surface area contributed by atoms with E-state index in [0.717, 1.165) is 39.3 Å². The molecule has 2 atom stereocenters. The molecule has 96 valence electrons. The van der Waals surface area contributed by atoms with Gasteiger partial charge in [0.05, 0.1) is 13.2 Å². The van der Waals surface area contributed by atoms with Crippen LogP contribution in [0.2, 0.25) is 0 Å². The Morgan fingerprint density at radius 1 is 1.31 bits per heavy atom. The molecule has 1 fully saturated rings. The van der Waals surface area contributed by atoms with E-state index in [1.165, 1.54) is 6.42 Å². The fraction of sp³-hybridized carbons (Fsp3) is 1.00. The first-order valence-electron chi connectivity index (χ1n) is 6.21. The fourth-order valence-corrected chi connectivity index (χ4v) is 2.25. The number of ether oxygens (including phenoxy) is 2. The molecule has 1 heterocycles. The predicted octanol–water partition coefficient (Wildman–Crippen LogP) is 0.742. The van der Waals surface area contributed by atoms with Gasteiger partial charge in [-0.25, -0.2) is 0 Å². The molecule has 0 aromatic rings. The van der Waals surface area contributed by atoms with Crippen LogP contribution < -0.4 is 0 Å². The zero-order chi connectivity index (χ0) is 11.8. The molecule has 1 rings (SSSR count). The third kappa shape index (κ3) is 4.37. The Kier molecular flexibility index (Phi) is 6.96. The third-order valence-electron chi connectivity index (χ3n) is 3.34. The Hall–Kier alpha value is -0.160. The monoisotopic (exact) mass is 231 g/mol. The van der Waals surface area contributed by atoms with Crippen molar-refractivity contribution in [3.05, 3.63) is 0 Å². The van der Waals surface area contributed by atoms with Gasteiger partial charge in [0.25, 0.3) is 0 Å². The van der Waals surface area contributed by atoms with Crippen LogP contribution >= 0.6 is 0 Å². The van der Waals surface area contributed by atoms with E-state index in [1.54, 1.807) is 7.11 Å². The molecule has 0 saturated carbocycles. The van der Waals surface area contributed by atoms with E-state index < -0.39 is 0 Å². The maximum Gasteiger partial charge on any atom is 0.0593 e. The van der Waals surface area contributed by atoms with Crippen LogP contribution in [0.25, 0.3) is 0 Å². The van der Waals surface area contributed by atoms with Gasteiger partial charge < -0.3 is 14.6 Å². The van der Waals surface area contributed by atoms with E-state index in [4.69, 9.17) is 9.47 Å². The molecule has 1 N–H and O–H groups in total. The quantitative estimate of drug-likeness (QED) is 0.626. The Morgan fingerprint density at radius 2 is 2.12 bits per heavy atom. The topological polar surface area (TPSA) is 41.9 Å². The van der Waals surface area contributed by atoms with Gasteiger partial charge in [-0.05, 0) is 25.3 Å². The smallest absolute Gasteiger partial charge is 0.0593 e. The van der Waals surface area contributed by atoms with Gasteiger partial charge in [-0.2, -0.15) is 0 Å². The van der Waals surface area contributed by atoms with Crippen molar-refractivity contribution in [2.24, 2.45) is 5.92 Å². The minimum Gasteiger partial charge on any atom is -0.395 e. The second-order valence-corrected chi connectivity index (χ2v) is 4.51. The molecule has 0 amide bonds. The summed E-state index contributed by atoms with van der Waals surface area (Å²) in [4.78, 5) is 2.33. The van der Waals surface area contributed by atoms with Gasteiger partial charge in [0, 0.05) is 32.9 Å². The SMILES string of the molecule is COCCCOCCN1CCC(C)C1CO. The number of rotatable bonds is 8. The number of nitrogens with zero attached hydrogens (tertiary/aromatic N) is 1. The minimum atomic E-state index is 0.269. The molecule has 0 aromatic carbocycles. The zero-order valence-electron chi connectivity index (χ0n) is 10.5. The molecule has 0 bridgehead atoms. The predicted molar refractivity (Wildman–Crippen MR) is 63.5 cm³/mol. The molecule has 1 saturated heterocycles. The lowest BCUT2D eigenvalue weighted by Gasteiger charge is -2.24. The van der Waals surface area contributed by atoms with Crippen molar-refractivity contribution < 1.29 is 14.6 Å². The van der Waals surface area contributed by atoms with Gasteiger partial charge in [-0.15, -0.1) is 0 Å². The standard InChI is InChI=1S/C12H25NO3/c1-11-4-5-13(12(11)10-14)6-9-16-8-3-7-15-2/h11-12,14H,3-10H2,1-2H3. The molecule has 0 aromatic heterocycles. The highest BCUT2D eigenvalue weighted by Gasteiger charge is 2.29. The Labute approximate surface area is 98.5 Å². The van der Waals surface area contributed by atoms with Crippen LogP contribution in [-0.4, -0.2) is 62.7 Å². The number of likely N-dealkylation sites (tertiary alicyclic amines) is 1. The average molecular weight is 231 g/mol. The highest BCUT2D eigenvalue weighted by Crippen LogP contribution is 2.22. The fourth-order valence-electron chi connectivity index (χ4n) is 2.25. The van der Waals surface area contributed by atoms with E-state index in [1.807, 2.05) is 0 Å². The summed E-state index contributed by atoms with van der Waals surface area (Å²) in [5.74, 6) is 0.610. The van der Waals surface area contributed by atoms with Gasteiger partial charge in [0.15, 0.2) is 0 Å². The van der Waals surface area contributed by atoms with Gasteiger partial charge in [0.2, 0.25) is 0 Å². The molecule has 0 aliphatic carbocycles. The van der Waals surface area contributed by atoms with Crippen LogP contribution in [0.4, 0.5) is 0 Å². The average Bonchev–Trinajstić information content (AvgIpc) is 2.64. The van der Waals surface area contributed by atoms with Crippen LogP contribution in [0.3, 0.4) is 0 Å². The van der Waals surface area contributed by atoms with Gasteiger partial charge in [-0.1, -0.05) is 6.92 Å². The van der Waals surface area contributed by atoms with E-state index in [0.29, 0.717) is 12.0 Å². The first-order chi connectivity index (χ1) is 7.79. The maximum absolute atomic E-state index is 9.28. The zero-order valence-corrected chi connectivity index (χ0v) is 10.5. The summed E-state index contributed by atoms with van der Waals surface area (Å²) in [6.45, 7) is 6.79. The van der Waals surface area contributed by atoms with Gasteiger partial charge >= 0.3 is 0 Å². The van der Waals surface area contributed by atoms with Crippen LogP contribution in [0, 0.1) is 5.92 Å². The van der Waals surface area contributed by atoms with E-state index in [2.05, 4.69) is 11.8 Å². The first-order valence-corrected chi connectivity index (χ1v) is 6.21. The molecule has 2 unspecified atom stereocenters. The summed E-state index contributed by atoms with van der Waals surface area (Å²) in [5.41, 5.74) is 0. The van der Waals surface area contributed by atoms with Crippen molar-refractivity contribution in [3.63, 3.8) is 0 Å². The summed E-state index contributed by atoms with van der Waals surface area (Å²) >= 11 is 0. The maximum atomic E-state index is 9.28. The van der Waals surface area contributed by atoms with E-state index >= 15 is 0 Å². The number of hydrogen-bond acceptors (Lipinski definition) is 4. The molecular formula is C12H25NO3. The molecular weight excluding hydrogens is 206 g/mol. The van der Waals surface area contributed by atoms with Crippen molar-refractivity contribution in [1.82, 2.24) is 4.90 Å². The number of hydrogen-bond donors (Lipinski definition) is 1. The van der Waals surface area contributed by atoms with Crippen molar-refractivity contribution >= 4 is 0 Å². The lowest BCUT2D eigenvalue weighted by atomic mass is 10.0. The molecule has 1 aliphatic rings. The minimum absolute atomic E-state index is 0.269. The molecule has 1 aliphatic heterocycles. The highest BCUT2D eigenvalue weighted by atomic mass is 16.5. The van der Waals surface area contributed by atoms with Crippen molar-refractivity contribution in [3.8, 4) is 0 Å². The normalized spacial score (nSPS) is 26.4. The first kappa shape index (κ1) is 13.9. The molecule has 16 heavy (non-hydrogen) atoms. The highest BCUT2D eigenvalue weighted by molar-refractivity contribution is 4.83. The number of aliphatic hydroxyl groups is 1. The van der Waals surface area contributed by atoms with Crippen LogP contribution in [0.5, 0.6) is 0 Å². The summed E-state index contributed by atoms with van der Waals surface area (Å²) in [6.07, 6.45) is 2.14. The van der Waals surface area contributed by atoms with Crippen LogP contribution in [0.15, 0.2) is 0 Å². The summed E-state index contributed by atoms with van der Waals surface area (Å²) in [5, 5.41) is 9.28. The third-order valence-corrected chi connectivity index (χ3v) is 3.34. The molecule has 4 heteroatoms. The van der Waals surface area contributed by atoms with Gasteiger partial charge in [0.1, 0.15) is 0 Å². The lowest BCUT2D eigenvalue weighted by Crippen LogP contribution is -2.37. The summed E-state index contributed by atoms with van der Waals surface area (Å²) in [7, 11) is 1.71. The molecule has 0 radical (unpaired) electrons. The Bertz CT molecular complexity index is 178.